The highest BCUT2D eigenvalue weighted by molar-refractivity contribution is 5.41. The zero-order valence-electron chi connectivity index (χ0n) is 17.5. The molecule has 0 aromatic heterocycles. The smallest absolute Gasteiger partial charge is 0.157 e. The Balaban J connectivity index is 0.000000266. The van der Waals surface area contributed by atoms with E-state index in [0.29, 0.717) is 11.8 Å². The van der Waals surface area contributed by atoms with E-state index in [-0.39, 0.29) is 17.6 Å². The van der Waals surface area contributed by atoms with Gasteiger partial charge in [0, 0.05) is 0 Å². The fourth-order valence-corrected chi connectivity index (χ4v) is 4.62. The van der Waals surface area contributed by atoms with Crippen LogP contribution in [0.4, 0.5) is 0 Å². The zero-order chi connectivity index (χ0) is 19.8. The summed E-state index contributed by atoms with van der Waals surface area (Å²) >= 11 is 0. The molecule has 2 fully saturated rings. The number of phenolic OH excluding ortho intramolecular Hbond substituents is 2. The van der Waals surface area contributed by atoms with Gasteiger partial charge in [-0.1, -0.05) is 65.4 Å². The first kappa shape index (κ1) is 22.1. The molecule has 3 nitrogen and oxygen atoms in total. The van der Waals surface area contributed by atoms with Crippen molar-refractivity contribution in [2.75, 3.05) is 0 Å². The Morgan fingerprint density at radius 1 is 0.889 bits per heavy atom. The number of hydrogen-bond donors (Lipinski definition) is 3. The van der Waals surface area contributed by atoms with Crippen LogP contribution in [-0.2, 0) is 0 Å². The Bertz CT molecular complexity index is 531. The molecule has 0 saturated heterocycles. The molecule has 1 aromatic rings. The molecule has 2 aliphatic rings. The van der Waals surface area contributed by atoms with Gasteiger partial charge >= 0.3 is 0 Å². The van der Waals surface area contributed by atoms with E-state index in [0.717, 1.165) is 18.3 Å². The fraction of sp³-hybridized carbons (Fsp3) is 0.750. The molecule has 0 heterocycles. The lowest BCUT2D eigenvalue weighted by Gasteiger charge is -2.18. The molecule has 154 valence electrons. The van der Waals surface area contributed by atoms with E-state index in [1.54, 1.807) is 12.1 Å². The minimum absolute atomic E-state index is 0.00785. The zero-order valence-corrected chi connectivity index (χ0v) is 17.5. The van der Waals surface area contributed by atoms with Gasteiger partial charge in [0.2, 0.25) is 0 Å². The maximum absolute atomic E-state index is 9.64. The minimum atomic E-state index is -0.0235. The van der Waals surface area contributed by atoms with Crippen LogP contribution in [0.5, 0.6) is 11.5 Å². The highest BCUT2D eigenvalue weighted by Crippen LogP contribution is 2.55. The van der Waals surface area contributed by atoms with Crippen LogP contribution in [0.3, 0.4) is 0 Å². The number of hydrogen-bond acceptors (Lipinski definition) is 3. The molecule has 2 aliphatic carbocycles. The van der Waals surface area contributed by atoms with E-state index in [2.05, 4.69) is 20.8 Å². The Kier molecular flexibility index (Phi) is 8.95. The topological polar surface area (TPSA) is 60.7 Å². The van der Waals surface area contributed by atoms with Gasteiger partial charge in [0.25, 0.3) is 0 Å². The summed E-state index contributed by atoms with van der Waals surface area (Å²) in [6, 6.07) is 5.30. The number of benzene rings is 1. The van der Waals surface area contributed by atoms with Gasteiger partial charge in [-0.25, -0.2) is 0 Å². The predicted molar refractivity (Wildman–Crippen MR) is 112 cm³/mol. The Labute approximate surface area is 165 Å². The van der Waals surface area contributed by atoms with E-state index < -0.39 is 0 Å². The van der Waals surface area contributed by atoms with E-state index in [1.165, 1.54) is 63.4 Å². The van der Waals surface area contributed by atoms with Crippen molar-refractivity contribution in [2.24, 2.45) is 17.8 Å². The summed E-state index contributed by atoms with van der Waals surface area (Å²) in [6.45, 7) is 6.69. The van der Waals surface area contributed by atoms with Crippen molar-refractivity contribution in [1.29, 1.82) is 0 Å². The van der Waals surface area contributed by atoms with Crippen LogP contribution in [0, 0.1) is 17.8 Å². The standard InChI is InChI=1S/C17H28O2.C7H12O/c1-3-5-7-9-14(10-8-6-4-2)15-11-12-16(18)17(19)13-15;1-4-2-7(8)6-3-5(4)6/h11-14,18-19H,3-10H2,1-2H3;4-8H,2-3H2,1H3. The average molecular weight is 377 g/mol. The highest BCUT2D eigenvalue weighted by atomic mass is 16.3. The lowest BCUT2D eigenvalue weighted by Crippen LogP contribution is -2.05. The van der Waals surface area contributed by atoms with Crippen molar-refractivity contribution in [3.63, 3.8) is 0 Å². The average Bonchev–Trinajstić information content (AvgIpc) is 3.39. The van der Waals surface area contributed by atoms with E-state index in [1.807, 2.05) is 6.07 Å². The molecule has 0 amide bonds. The third kappa shape index (κ3) is 6.71. The summed E-state index contributed by atoms with van der Waals surface area (Å²) in [7, 11) is 0. The lowest BCUT2D eigenvalue weighted by molar-refractivity contribution is 0.153. The number of phenols is 2. The number of aliphatic hydroxyl groups excluding tert-OH is 1. The van der Waals surface area contributed by atoms with Crippen LogP contribution in [-0.4, -0.2) is 21.4 Å². The van der Waals surface area contributed by atoms with E-state index >= 15 is 0 Å². The summed E-state index contributed by atoms with van der Waals surface area (Å²) in [5.74, 6) is 2.94. The summed E-state index contributed by atoms with van der Waals surface area (Å²) in [5, 5.41) is 28.3. The maximum Gasteiger partial charge on any atom is 0.157 e. The normalized spacial score (nSPS) is 25.8. The second-order valence-electron chi connectivity index (χ2n) is 8.78. The number of unbranched alkanes of at least 4 members (excludes halogenated alkanes) is 4. The molecular formula is C24H40O3. The van der Waals surface area contributed by atoms with E-state index in [4.69, 9.17) is 0 Å². The van der Waals surface area contributed by atoms with Crippen molar-refractivity contribution < 1.29 is 15.3 Å². The van der Waals surface area contributed by atoms with Gasteiger partial charge in [0.1, 0.15) is 0 Å². The molecule has 2 saturated carbocycles. The summed E-state index contributed by atoms with van der Waals surface area (Å²) < 4.78 is 0. The van der Waals surface area contributed by atoms with Crippen LogP contribution in [0.1, 0.15) is 96.5 Å². The van der Waals surface area contributed by atoms with Gasteiger partial charge in [0.05, 0.1) is 6.10 Å². The SMILES string of the molecule is CC1CC(O)C2CC12.CCCCCC(CCCCC)c1ccc(O)c(O)c1. The van der Waals surface area contributed by atoms with Crippen molar-refractivity contribution in [3.05, 3.63) is 23.8 Å². The number of aromatic hydroxyl groups is 2. The Morgan fingerprint density at radius 3 is 1.89 bits per heavy atom. The minimum Gasteiger partial charge on any atom is -0.504 e. The fourth-order valence-electron chi connectivity index (χ4n) is 4.62. The summed E-state index contributed by atoms with van der Waals surface area (Å²) in [5.41, 5.74) is 1.17. The highest BCUT2D eigenvalue weighted by Gasteiger charge is 2.51. The molecule has 3 rings (SSSR count). The first-order valence-electron chi connectivity index (χ1n) is 11.2. The van der Waals surface area contributed by atoms with Crippen LogP contribution < -0.4 is 0 Å². The maximum atomic E-state index is 9.64. The van der Waals surface area contributed by atoms with Gasteiger partial charge in [0.15, 0.2) is 11.5 Å². The molecule has 3 heteroatoms. The number of aliphatic hydroxyl groups is 1. The van der Waals surface area contributed by atoms with Crippen molar-refractivity contribution in [3.8, 4) is 11.5 Å². The summed E-state index contributed by atoms with van der Waals surface area (Å²) in [6.07, 6.45) is 12.3. The van der Waals surface area contributed by atoms with Crippen LogP contribution in [0.25, 0.3) is 0 Å². The summed E-state index contributed by atoms with van der Waals surface area (Å²) in [4.78, 5) is 0. The second-order valence-corrected chi connectivity index (χ2v) is 8.78. The van der Waals surface area contributed by atoms with Crippen LogP contribution in [0.15, 0.2) is 18.2 Å². The molecular weight excluding hydrogens is 336 g/mol. The van der Waals surface area contributed by atoms with Gasteiger partial charge in [-0.2, -0.15) is 0 Å². The lowest BCUT2D eigenvalue weighted by atomic mass is 9.88. The first-order valence-corrected chi connectivity index (χ1v) is 11.2. The second kappa shape index (κ2) is 10.9. The van der Waals surface area contributed by atoms with Gasteiger partial charge in [-0.15, -0.1) is 0 Å². The third-order valence-electron chi connectivity index (χ3n) is 6.51. The Hall–Kier alpha value is -1.22. The van der Waals surface area contributed by atoms with Gasteiger partial charge in [-0.3, -0.25) is 0 Å². The quantitative estimate of drug-likeness (QED) is 0.347. The molecule has 0 bridgehead atoms. The molecule has 27 heavy (non-hydrogen) atoms. The van der Waals surface area contributed by atoms with Gasteiger partial charge < -0.3 is 15.3 Å². The van der Waals surface area contributed by atoms with Crippen molar-refractivity contribution >= 4 is 0 Å². The molecule has 4 unspecified atom stereocenters. The first-order chi connectivity index (χ1) is 13.0. The molecule has 4 atom stereocenters. The van der Waals surface area contributed by atoms with Crippen molar-refractivity contribution in [1.82, 2.24) is 0 Å². The Morgan fingerprint density at radius 2 is 1.52 bits per heavy atom. The molecule has 0 radical (unpaired) electrons. The molecule has 0 aliphatic heterocycles. The van der Waals surface area contributed by atoms with Crippen molar-refractivity contribution in [2.45, 2.75) is 97.0 Å². The van der Waals surface area contributed by atoms with E-state index in [9.17, 15) is 15.3 Å². The molecule has 0 spiro atoms. The third-order valence-corrected chi connectivity index (χ3v) is 6.51. The largest absolute Gasteiger partial charge is 0.504 e. The number of fused-ring (bicyclic) bond motifs is 1. The predicted octanol–water partition coefficient (Wildman–Crippen LogP) is 6.37. The van der Waals surface area contributed by atoms with Crippen LogP contribution >= 0.6 is 0 Å². The van der Waals surface area contributed by atoms with Gasteiger partial charge in [-0.05, 0) is 67.1 Å². The number of rotatable bonds is 9. The molecule has 3 N–H and O–H groups in total. The molecule has 1 aromatic carbocycles. The monoisotopic (exact) mass is 376 g/mol. The van der Waals surface area contributed by atoms with Crippen LogP contribution in [0.2, 0.25) is 0 Å².